The molecule has 1 rings (SSSR count). The highest BCUT2D eigenvalue weighted by Crippen LogP contribution is 2.29. The molecule has 1 fully saturated rings. The van der Waals surface area contributed by atoms with E-state index in [-0.39, 0.29) is 6.04 Å². The minimum absolute atomic E-state index is 0.164. The molecule has 6 N–H and O–H groups in total. The van der Waals surface area contributed by atoms with Crippen LogP contribution in [0.3, 0.4) is 0 Å². The summed E-state index contributed by atoms with van der Waals surface area (Å²) in [6.45, 7) is 0. The molecule has 0 unspecified atom stereocenters. The minimum atomic E-state index is 0.164. The van der Waals surface area contributed by atoms with Gasteiger partial charge in [-0.15, -0.1) is 0 Å². The quantitative estimate of drug-likeness (QED) is 0.374. The third-order valence-electron chi connectivity index (χ3n) is 1.12. The molecule has 1 aliphatic heterocycles. The van der Waals surface area contributed by atoms with Crippen LogP contribution in [0.2, 0.25) is 0 Å². The second-order valence-electron chi connectivity index (χ2n) is 2.45. The van der Waals surface area contributed by atoms with Gasteiger partial charge in [-0.05, 0) is 7.05 Å². The zero-order valence-corrected chi connectivity index (χ0v) is 11.8. The second kappa shape index (κ2) is 14.3. The number of nitrogens with two attached hydrogens (primary N) is 3. The van der Waals surface area contributed by atoms with Crippen LogP contribution >= 0.6 is 46.8 Å². The van der Waals surface area contributed by atoms with Crippen LogP contribution in [0.25, 0.3) is 0 Å². The van der Waals surface area contributed by atoms with Gasteiger partial charge in [0.25, 0.3) is 0 Å². The molecule has 0 aromatic carbocycles. The highest BCUT2D eigenvalue weighted by Gasteiger charge is 2.09. The van der Waals surface area contributed by atoms with Gasteiger partial charge in [-0.3, -0.25) is 0 Å². The average molecular weight is 276 g/mol. The van der Waals surface area contributed by atoms with Crippen molar-refractivity contribution in [2.75, 3.05) is 30.1 Å². The van der Waals surface area contributed by atoms with Crippen molar-refractivity contribution in [3.8, 4) is 0 Å². The molecular formula is C7H21N3S4. The average Bonchev–Trinajstić information content (AvgIpc) is 2.72. The Kier molecular flexibility index (Phi) is 18.0. The molecule has 14 heavy (non-hydrogen) atoms. The molecule has 0 aliphatic carbocycles. The first kappa shape index (κ1) is 17.7. The molecule has 0 spiro atoms. The summed E-state index contributed by atoms with van der Waals surface area (Å²) >= 11 is 7.84. The fourth-order valence-electron chi connectivity index (χ4n) is 0.377. The summed E-state index contributed by atoms with van der Waals surface area (Å²) in [5.41, 5.74) is 15.3. The lowest BCUT2D eigenvalue weighted by Gasteiger charge is -1.98. The van der Waals surface area contributed by atoms with Gasteiger partial charge in [0.05, 0.1) is 0 Å². The summed E-state index contributed by atoms with van der Waals surface area (Å²) in [5, 5.41) is 0. The first-order chi connectivity index (χ1) is 6.70. The molecule has 88 valence electrons. The lowest BCUT2D eigenvalue weighted by Crippen LogP contribution is -2.23. The first-order valence-corrected chi connectivity index (χ1v) is 8.01. The van der Waals surface area contributed by atoms with Crippen molar-refractivity contribution in [2.45, 2.75) is 12.1 Å². The SMILES string of the molecule is CN.NC(CS)CS.NC1CSSC1. The van der Waals surface area contributed by atoms with E-state index in [9.17, 15) is 0 Å². The van der Waals surface area contributed by atoms with Crippen LogP contribution in [0.4, 0.5) is 0 Å². The minimum Gasteiger partial charge on any atom is -0.333 e. The van der Waals surface area contributed by atoms with E-state index >= 15 is 0 Å². The Morgan fingerprint density at radius 1 is 1.21 bits per heavy atom. The fourth-order valence-corrected chi connectivity index (χ4v) is 3.39. The van der Waals surface area contributed by atoms with Gasteiger partial charge in [-0.25, -0.2) is 0 Å². The predicted octanol–water partition coefficient (Wildman–Crippen LogP) is 0.457. The van der Waals surface area contributed by atoms with E-state index in [4.69, 9.17) is 11.5 Å². The number of rotatable bonds is 2. The van der Waals surface area contributed by atoms with Gasteiger partial charge in [-0.2, -0.15) is 25.3 Å². The molecule has 0 amide bonds. The van der Waals surface area contributed by atoms with Crippen molar-refractivity contribution >= 4 is 46.8 Å². The zero-order chi connectivity index (χ0) is 11.4. The van der Waals surface area contributed by atoms with Crippen molar-refractivity contribution in [3.05, 3.63) is 0 Å². The van der Waals surface area contributed by atoms with E-state index in [0.29, 0.717) is 6.04 Å². The molecule has 0 bridgehead atoms. The smallest absolute Gasteiger partial charge is 0.0239 e. The van der Waals surface area contributed by atoms with Gasteiger partial charge in [0.15, 0.2) is 0 Å². The van der Waals surface area contributed by atoms with Crippen molar-refractivity contribution in [3.63, 3.8) is 0 Å². The van der Waals surface area contributed by atoms with Crippen molar-refractivity contribution in [1.82, 2.24) is 0 Å². The molecule has 0 aromatic rings. The van der Waals surface area contributed by atoms with Crippen molar-refractivity contribution < 1.29 is 0 Å². The van der Waals surface area contributed by atoms with Crippen LogP contribution in [0.1, 0.15) is 0 Å². The lowest BCUT2D eigenvalue weighted by atomic mass is 10.4. The van der Waals surface area contributed by atoms with E-state index in [1.54, 1.807) is 0 Å². The van der Waals surface area contributed by atoms with Gasteiger partial charge >= 0.3 is 0 Å². The lowest BCUT2D eigenvalue weighted by molar-refractivity contribution is 0.866. The Bertz CT molecular complexity index is 96.9. The van der Waals surface area contributed by atoms with Gasteiger partial charge in [0.2, 0.25) is 0 Å². The van der Waals surface area contributed by atoms with E-state index in [1.807, 2.05) is 21.6 Å². The van der Waals surface area contributed by atoms with Crippen LogP contribution in [0, 0.1) is 0 Å². The monoisotopic (exact) mass is 275 g/mol. The molecular weight excluding hydrogens is 254 g/mol. The van der Waals surface area contributed by atoms with Crippen LogP contribution in [0.5, 0.6) is 0 Å². The molecule has 3 nitrogen and oxygen atoms in total. The fraction of sp³-hybridized carbons (Fsp3) is 1.00. The Labute approximate surface area is 106 Å². The normalized spacial score (nSPS) is 15.6. The van der Waals surface area contributed by atoms with Gasteiger partial charge < -0.3 is 17.2 Å². The molecule has 0 atom stereocenters. The first-order valence-electron chi connectivity index (χ1n) is 4.25. The zero-order valence-electron chi connectivity index (χ0n) is 8.43. The Hall–Kier alpha value is 1.28. The Morgan fingerprint density at radius 3 is 1.64 bits per heavy atom. The maximum atomic E-state index is 5.49. The third-order valence-corrected chi connectivity index (χ3v) is 4.67. The molecule has 1 heterocycles. The predicted molar refractivity (Wildman–Crippen MR) is 78.7 cm³/mol. The molecule has 0 aromatic heterocycles. The van der Waals surface area contributed by atoms with Crippen LogP contribution in [-0.2, 0) is 0 Å². The molecule has 7 heteroatoms. The standard InChI is InChI=1S/C3H7NS2.C3H9NS2.CH5N/c4-3-1-5-6-2-3;4-3(1-5)2-6;1-2/h3H,1-2,4H2;3,5-6H,1-2,4H2;2H2,1H3. The number of hydrogen-bond donors (Lipinski definition) is 5. The second-order valence-corrected chi connectivity index (χ2v) is 5.74. The number of thiol groups is 2. The van der Waals surface area contributed by atoms with Crippen molar-refractivity contribution in [1.29, 1.82) is 0 Å². The molecule has 0 radical (unpaired) electrons. The summed E-state index contributed by atoms with van der Waals surface area (Å²) in [4.78, 5) is 0. The van der Waals surface area contributed by atoms with Crippen molar-refractivity contribution in [2.24, 2.45) is 17.2 Å². The largest absolute Gasteiger partial charge is 0.333 e. The van der Waals surface area contributed by atoms with Gasteiger partial charge in [0.1, 0.15) is 0 Å². The molecule has 1 aliphatic rings. The van der Waals surface area contributed by atoms with Crippen LogP contribution < -0.4 is 17.2 Å². The maximum Gasteiger partial charge on any atom is 0.0239 e. The Balaban J connectivity index is 0. The summed E-state index contributed by atoms with van der Waals surface area (Å²) in [5.74, 6) is 3.74. The maximum absolute atomic E-state index is 5.49. The topological polar surface area (TPSA) is 78.1 Å². The van der Waals surface area contributed by atoms with E-state index in [0.717, 1.165) is 23.0 Å². The van der Waals surface area contributed by atoms with Crippen LogP contribution in [-0.4, -0.2) is 42.1 Å². The van der Waals surface area contributed by atoms with E-state index in [1.165, 1.54) is 7.05 Å². The highest BCUT2D eigenvalue weighted by atomic mass is 33.1. The van der Waals surface area contributed by atoms with E-state index in [2.05, 4.69) is 31.0 Å². The summed E-state index contributed by atoms with van der Waals surface area (Å²) in [6, 6.07) is 0.636. The summed E-state index contributed by atoms with van der Waals surface area (Å²) in [7, 11) is 5.25. The highest BCUT2D eigenvalue weighted by molar-refractivity contribution is 8.77. The van der Waals surface area contributed by atoms with Gasteiger partial charge in [0, 0.05) is 35.1 Å². The Morgan fingerprint density at radius 2 is 1.57 bits per heavy atom. The molecule has 0 saturated carbocycles. The summed E-state index contributed by atoms with van der Waals surface area (Å²) in [6.07, 6.45) is 0. The van der Waals surface area contributed by atoms with Crippen LogP contribution in [0.15, 0.2) is 0 Å². The van der Waals surface area contributed by atoms with Gasteiger partial charge in [-0.1, -0.05) is 21.6 Å². The number of hydrogen-bond acceptors (Lipinski definition) is 7. The molecule has 1 saturated heterocycles. The third kappa shape index (κ3) is 13.3. The summed E-state index contributed by atoms with van der Waals surface area (Å²) < 4.78 is 0. The van der Waals surface area contributed by atoms with E-state index < -0.39 is 0 Å².